The Labute approximate surface area is 59.3 Å². The fourth-order valence-electron chi connectivity index (χ4n) is 0.733. The Morgan fingerprint density at radius 1 is 1.22 bits per heavy atom. The summed E-state index contributed by atoms with van der Waals surface area (Å²) in [5.74, 6) is 0.138. The maximum absolute atomic E-state index is 8.60. The Kier molecular flexibility index (Phi) is 6.35. The number of hydrogen-bond acceptors (Lipinski definition) is 2. The quantitative estimate of drug-likeness (QED) is 0.499. The first-order chi connectivity index (χ1) is 4.35. The normalized spacial score (nSPS) is 11.0. The van der Waals surface area contributed by atoms with Gasteiger partial charge in [-0.05, 0) is 6.42 Å². The molecular formula is C6H16O2Si. The Bertz CT molecular complexity index is 55.0. The van der Waals surface area contributed by atoms with Crippen molar-refractivity contribution >= 4 is 10.2 Å². The lowest BCUT2D eigenvalue weighted by atomic mass is 10.1. The van der Waals surface area contributed by atoms with Crippen molar-refractivity contribution in [1.82, 2.24) is 0 Å². The molecule has 0 saturated carbocycles. The summed E-state index contributed by atoms with van der Waals surface area (Å²) in [6, 6.07) is 1.27. The van der Waals surface area contributed by atoms with Crippen LogP contribution in [0, 0.1) is 5.92 Å². The highest BCUT2D eigenvalue weighted by molar-refractivity contribution is 6.08. The Morgan fingerprint density at radius 2 is 1.78 bits per heavy atom. The molecule has 0 atom stereocenters. The molecule has 0 heterocycles. The Hall–Kier alpha value is 0.137. The van der Waals surface area contributed by atoms with Crippen molar-refractivity contribution in [1.29, 1.82) is 0 Å². The molecule has 0 aromatic rings. The molecule has 0 spiro atoms. The molecule has 0 fully saturated rings. The highest BCUT2D eigenvalue weighted by atomic mass is 28.1. The monoisotopic (exact) mass is 148 g/mol. The van der Waals surface area contributed by atoms with E-state index < -0.39 is 0 Å². The van der Waals surface area contributed by atoms with E-state index in [2.05, 4.69) is 0 Å². The summed E-state index contributed by atoms with van der Waals surface area (Å²) in [6.45, 7) is 0.274. The van der Waals surface area contributed by atoms with Crippen molar-refractivity contribution in [2.24, 2.45) is 5.92 Å². The lowest BCUT2D eigenvalue weighted by Gasteiger charge is -2.07. The van der Waals surface area contributed by atoms with Gasteiger partial charge in [-0.25, -0.2) is 0 Å². The van der Waals surface area contributed by atoms with Crippen LogP contribution in [0.1, 0.15) is 12.8 Å². The minimum atomic E-state index is 0.137. The van der Waals surface area contributed by atoms with Crippen LogP contribution in [-0.2, 0) is 0 Å². The molecule has 0 aliphatic rings. The summed E-state index contributed by atoms with van der Waals surface area (Å²) >= 11 is 0. The van der Waals surface area contributed by atoms with Crippen molar-refractivity contribution < 1.29 is 10.2 Å². The molecule has 0 radical (unpaired) electrons. The van der Waals surface area contributed by atoms with E-state index in [1.54, 1.807) is 0 Å². The van der Waals surface area contributed by atoms with Crippen LogP contribution in [0.3, 0.4) is 0 Å². The van der Waals surface area contributed by atoms with Crippen molar-refractivity contribution in [3.63, 3.8) is 0 Å². The molecule has 2 N–H and O–H groups in total. The fourth-order valence-corrected chi connectivity index (χ4v) is 1.14. The Balaban J connectivity index is 3.09. The minimum absolute atomic E-state index is 0.137. The van der Waals surface area contributed by atoms with Crippen LogP contribution in [0.25, 0.3) is 0 Å². The maximum Gasteiger partial charge on any atom is 0.0481 e. The highest BCUT2D eigenvalue weighted by Crippen LogP contribution is 2.05. The molecule has 0 aliphatic carbocycles. The zero-order valence-corrected chi connectivity index (χ0v) is 8.01. The molecule has 0 aromatic carbocycles. The van der Waals surface area contributed by atoms with Gasteiger partial charge >= 0.3 is 0 Å². The first kappa shape index (κ1) is 9.14. The van der Waals surface area contributed by atoms with Gasteiger partial charge in [0.1, 0.15) is 0 Å². The standard InChI is InChI=1S/C6H16O2Si/c7-4-6(5-8)2-1-3-9/h6-8H,1-5H2,9H3. The van der Waals surface area contributed by atoms with Gasteiger partial charge in [-0.15, -0.1) is 0 Å². The second kappa shape index (κ2) is 6.26. The largest absolute Gasteiger partial charge is 0.396 e. The third-order valence-corrected chi connectivity index (χ3v) is 2.19. The molecule has 0 aliphatic heterocycles. The number of aliphatic hydroxyl groups excluding tert-OH is 2. The molecule has 3 heteroatoms. The highest BCUT2D eigenvalue weighted by Gasteiger charge is 2.02. The minimum Gasteiger partial charge on any atom is -0.396 e. The topological polar surface area (TPSA) is 40.5 Å². The second-order valence-electron chi connectivity index (χ2n) is 2.37. The zero-order valence-electron chi connectivity index (χ0n) is 6.01. The summed E-state index contributed by atoms with van der Waals surface area (Å²) < 4.78 is 0. The summed E-state index contributed by atoms with van der Waals surface area (Å²) in [5, 5.41) is 17.2. The third kappa shape index (κ3) is 4.63. The van der Waals surface area contributed by atoms with Gasteiger partial charge in [-0.3, -0.25) is 0 Å². The number of aliphatic hydroxyl groups is 2. The van der Waals surface area contributed by atoms with Crippen LogP contribution in [0.2, 0.25) is 6.04 Å². The summed E-state index contributed by atoms with van der Waals surface area (Å²) in [6.07, 6.45) is 2.15. The van der Waals surface area contributed by atoms with Crippen LogP contribution in [0.15, 0.2) is 0 Å². The molecule has 0 amide bonds. The van der Waals surface area contributed by atoms with Gasteiger partial charge in [0.05, 0.1) is 0 Å². The number of rotatable bonds is 5. The van der Waals surface area contributed by atoms with E-state index in [-0.39, 0.29) is 19.1 Å². The van der Waals surface area contributed by atoms with Crippen molar-refractivity contribution in [2.45, 2.75) is 18.9 Å². The van der Waals surface area contributed by atoms with E-state index in [0.717, 1.165) is 12.8 Å². The smallest absolute Gasteiger partial charge is 0.0481 e. The van der Waals surface area contributed by atoms with Gasteiger partial charge in [-0.2, -0.15) is 0 Å². The van der Waals surface area contributed by atoms with Crippen molar-refractivity contribution in [3.8, 4) is 0 Å². The zero-order chi connectivity index (χ0) is 7.11. The van der Waals surface area contributed by atoms with Gasteiger partial charge in [0.15, 0.2) is 0 Å². The van der Waals surface area contributed by atoms with E-state index in [0.29, 0.717) is 0 Å². The van der Waals surface area contributed by atoms with Crippen LogP contribution in [0.4, 0.5) is 0 Å². The van der Waals surface area contributed by atoms with Crippen molar-refractivity contribution in [2.75, 3.05) is 13.2 Å². The molecule has 0 unspecified atom stereocenters. The lowest BCUT2D eigenvalue weighted by Crippen LogP contribution is -2.10. The van der Waals surface area contributed by atoms with Gasteiger partial charge < -0.3 is 10.2 Å². The summed E-state index contributed by atoms with van der Waals surface area (Å²) in [5.41, 5.74) is 0. The molecule has 0 aromatic heterocycles. The predicted octanol–water partition coefficient (Wildman–Crippen LogP) is -0.849. The predicted molar refractivity (Wildman–Crippen MR) is 41.6 cm³/mol. The molecule has 0 saturated heterocycles. The van der Waals surface area contributed by atoms with E-state index in [4.69, 9.17) is 10.2 Å². The van der Waals surface area contributed by atoms with Gasteiger partial charge in [0.25, 0.3) is 0 Å². The molecular weight excluding hydrogens is 132 g/mol. The molecule has 0 rings (SSSR count). The van der Waals surface area contributed by atoms with E-state index >= 15 is 0 Å². The second-order valence-corrected chi connectivity index (χ2v) is 3.37. The van der Waals surface area contributed by atoms with E-state index in [9.17, 15) is 0 Å². The first-order valence-electron chi connectivity index (χ1n) is 3.56. The third-order valence-electron chi connectivity index (χ3n) is 1.48. The molecule has 0 bridgehead atoms. The van der Waals surface area contributed by atoms with Crippen molar-refractivity contribution in [3.05, 3.63) is 0 Å². The average molecular weight is 148 g/mol. The Morgan fingerprint density at radius 3 is 2.11 bits per heavy atom. The van der Waals surface area contributed by atoms with Gasteiger partial charge in [0, 0.05) is 29.4 Å². The van der Waals surface area contributed by atoms with Crippen LogP contribution >= 0.6 is 0 Å². The maximum atomic E-state index is 8.60. The first-order valence-corrected chi connectivity index (χ1v) is 4.98. The molecule has 2 nitrogen and oxygen atoms in total. The SMILES string of the molecule is OCC(CO)CCC[SiH3]. The van der Waals surface area contributed by atoms with Crippen LogP contribution in [0.5, 0.6) is 0 Å². The fraction of sp³-hybridized carbons (Fsp3) is 1.00. The van der Waals surface area contributed by atoms with Crippen LogP contribution < -0.4 is 0 Å². The molecule has 9 heavy (non-hydrogen) atoms. The summed E-state index contributed by atoms with van der Waals surface area (Å²) in [4.78, 5) is 0. The lowest BCUT2D eigenvalue weighted by molar-refractivity contribution is 0.143. The summed E-state index contributed by atoms with van der Waals surface area (Å²) in [7, 11) is 1.24. The van der Waals surface area contributed by atoms with Gasteiger partial charge in [0.2, 0.25) is 0 Å². The number of hydrogen-bond donors (Lipinski definition) is 2. The van der Waals surface area contributed by atoms with E-state index in [1.807, 2.05) is 0 Å². The van der Waals surface area contributed by atoms with Crippen LogP contribution in [-0.4, -0.2) is 33.7 Å². The molecule has 56 valence electrons. The van der Waals surface area contributed by atoms with E-state index in [1.165, 1.54) is 16.3 Å². The average Bonchev–Trinajstić information content (AvgIpc) is 1.91. The van der Waals surface area contributed by atoms with Gasteiger partial charge in [-0.1, -0.05) is 12.5 Å².